The molecular weight excluding hydrogens is 575 g/mol. The van der Waals surface area contributed by atoms with Crippen molar-refractivity contribution in [2.45, 2.75) is 154 Å². The number of phosphoric acid groups is 1. The van der Waals surface area contributed by atoms with Gasteiger partial charge in [0.05, 0.1) is 19.8 Å². The lowest BCUT2D eigenvalue weighted by Gasteiger charge is -2.20. The summed E-state index contributed by atoms with van der Waals surface area (Å²) in [7, 11) is -4.60. The van der Waals surface area contributed by atoms with Gasteiger partial charge in [-0.15, -0.1) is 0 Å². The lowest BCUT2D eigenvalue weighted by molar-refractivity contribution is -0.161. The van der Waals surface area contributed by atoms with Crippen molar-refractivity contribution >= 4 is 19.8 Å². The van der Waals surface area contributed by atoms with Crippen LogP contribution in [0.5, 0.6) is 0 Å². The Morgan fingerprint density at radius 1 is 0.674 bits per heavy atom. The molecule has 3 unspecified atom stereocenters. The summed E-state index contributed by atoms with van der Waals surface area (Å²) in [5.74, 6) is -0.940. The van der Waals surface area contributed by atoms with Gasteiger partial charge in [-0.05, 0) is 38.5 Å². The molecule has 0 rings (SSSR count). The minimum atomic E-state index is -4.60. The average molecular weight is 637 g/mol. The van der Waals surface area contributed by atoms with Gasteiger partial charge in [-0.3, -0.25) is 18.6 Å². The Balaban J connectivity index is 4.45. The van der Waals surface area contributed by atoms with Crippen molar-refractivity contribution in [1.29, 1.82) is 0 Å². The molecule has 0 amide bonds. The molecule has 0 aromatic rings. The third kappa shape index (κ3) is 29.2. The fraction of sp³-hybridized carbons (Fsp3) is 0.875. The van der Waals surface area contributed by atoms with Gasteiger partial charge in [0, 0.05) is 12.8 Å². The van der Waals surface area contributed by atoms with E-state index in [1.54, 1.807) is 0 Å². The molecule has 0 saturated carbocycles. The molecule has 0 spiro atoms. The van der Waals surface area contributed by atoms with Crippen LogP contribution in [0.4, 0.5) is 0 Å². The predicted octanol–water partition coefficient (Wildman–Crippen LogP) is 7.33. The highest BCUT2D eigenvalue weighted by molar-refractivity contribution is 7.47. The number of unbranched alkanes of at least 4 members (excludes halogenated alkanes) is 15. The molecule has 0 aromatic carbocycles. The second-order valence-corrected chi connectivity index (χ2v) is 12.6. The van der Waals surface area contributed by atoms with E-state index in [0.29, 0.717) is 12.8 Å². The summed E-state index contributed by atoms with van der Waals surface area (Å²) in [5, 5.41) is 18.2. The first kappa shape index (κ1) is 41.7. The maximum Gasteiger partial charge on any atom is 0.472 e. The lowest BCUT2D eigenvalue weighted by Crippen LogP contribution is -2.29. The van der Waals surface area contributed by atoms with Crippen molar-refractivity contribution in [1.82, 2.24) is 0 Å². The Kier molecular flexibility index (Phi) is 28.5. The maximum atomic E-state index is 12.4. The van der Waals surface area contributed by atoms with Crippen molar-refractivity contribution in [3.63, 3.8) is 0 Å². The zero-order chi connectivity index (χ0) is 32.0. The molecule has 43 heavy (non-hydrogen) atoms. The number of carbonyl (C=O) groups is 2. The fourth-order valence-corrected chi connectivity index (χ4v) is 5.07. The molecule has 0 fully saturated rings. The van der Waals surface area contributed by atoms with Crippen LogP contribution >= 0.6 is 7.82 Å². The van der Waals surface area contributed by atoms with E-state index in [-0.39, 0.29) is 19.4 Å². The van der Waals surface area contributed by atoms with Crippen molar-refractivity contribution in [2.75, 3.05) is 26.4 Å². The Labute approximate surface area is 260 Å². The monoisotopic (exact) mass is 636 g/mol. The SMILES string of the molecule is CCCCC/C=C\CCCCCCCC(=O)OC(COC(=O)CCCCCCCCCC)COP(=O)(O)OCC(O)CO. The van der Waals surface area contributed by atoms with Crippen LogP contribution in [-0.2, 0) is 32.7 Å². The Bertz CT molecular complexity index is 746. The summed E-state index contributed by atoms with van der Waals surface area (Å²) >= 11 is 0. The minimum Gasteiger partial charge on any atom is -0.462 e. The van der Waals surface area contributed by atoms with Crippen LogP contribution in [0.1, 0.15) is 142 Å². The molecule has 10 nitrogen and oxygen atoms in total. The Hall–Kier alpha value is -1.29. The highest BCUT2D eigenvalue weighted by Gasteiger charge is 2.27. The number of aliphatic hydroxyl groups excluding tert-OH is 2. The number of hydrogen-bond acceptors (Lipinski definition) is 9. The number of allylic oxidation sites excluding steroid dienone is 2. The third-order valence-electron chi connectivity index (χ3n) is 6.92. The number of rotatable bonds is 31. The standard InChI is InChI=1S/C32H61O10P/c1-3-5-7-9-11-13-14-15-16-18-20-22-24-32(36)42-30(28-41-43(37,38)40-26-29(34)25-33)27-39-31(35)23-21-19-17-12-10-8-6-4-2/h11,13,29-30,33-34H,3-10,12,14-28H2,1-2H3,(H,37,38)/b13-11-. The summed E-state index contributed by atoms with van der Waals surface area (Å²) in [5.41, 5.74) is 0. The zero-order valence-electron chi connectivity index (χ0n) is 26.9. The average Bonchev–Trinajstić information content (AvgIpc) is 2.99. The fourth-order valence-electron chi connectivity index (χ4n) is 4.28. The Morgan fingerprint density at radius 3 is 1.72 bits per heavy atom. The molecule has 0 aliphatic rings. The van der Waals surface area contributed by atoms with Crippen LogP contribution in [0.2, 0.25) is 0 Å². The van der Waals surface area contributed by atoms with E-state index in [1.165, 1.54) is 44.9 Å². The summed E-state index contributed by atoms with van der Waals surface area (Å²) in [6.07, 6.45) is 22.0. The molecule has 0 aromatic heterocycles. The maximum absolute atomic E-state index is 12.4. The highest BCUT2D eigenvalue weighted by Crippen LogP contribution is 2.43. The van der Waals surface area contributed by atoms with Crippen molar-refractivity contribution < 1.29 is 47.8 Å². The molecule has 0 heterocycles. The molecule has 254 valence electrons. The van der Waals surface area contributed by atoms with Crippen molar-refractivity contribution in [3.05, 3.63) is 12.2 Å². The number of phosphoric ester groups is 1. The van der Waals surface area contributed by atoms with E-state index in [9.17, 15) is 24.2 Å². The first-order valence-electron chi connectivity index (χ1n) is 16.6. The number of hydrogen-bond donors (Lipinski definition) is 3. The highest BCUT2D eigenvalue weighted by atomic mass is 31.2. The number of esters is 2. The van der Waals surface area contributed by atoms with Gasteiger partial charge >= 0.3 is 19.8 Å². The van der Waals surface area contributed by atoms with Crippen molar-refractivity contribution in [3.8, 4) is 0 Å². The van der Waals surface area contributed by atoms with Crippen LogP contribution in [0.15, 0.2) is 12.2 Å². The van der Waals surface area contributed by atoms with Gasteiger partial charge < -0.3 is 24.6 Å². The van der Waals surface area contributed by atoms with Gasteiger partial charge in [-0.2, -0.15) is 0 Å². The van der Waals surface area contributed by atoms with Gasteiger partial charge in [-0.1, -0.05) is 103 Å². The second kappa shape index (κ2) is 29.4. The first-order valence-corrected chi connectivity index (χ1v) is 18.1. The van der Waals surface area contributed by atoms with E-state index in [1.807, 2.05) is 0 Å². The van der Waals surface area contributed by atoms with E-state index >= 15 is 0 Å². The van der Waals surface area contributed by atoms with Crippen LogP contribution in [0.25, 0.3) is 0 Å². The molecule has 3 N–H and O–H groups in total. The van der Waals surface area contributed by atoms with E-state index in [2.05, 4.69) is 30.5 Å². The van der Waals surface area contributed by atoms with E-state index < -0.39 is 51.8 Å². The largest absolute Gasteiger partial charge is 0.472 e. The van der Waals surface area contributed by atoms with Crippen molar-refractivity contribution in [2.24, 2.45) is 0 Å². The van der Waals surface area contributed by atoms with Crippen LogP contribution in [-0.4, -0.2) is 65.7 Å². The summed E-state index contributed by atoms with van der Waals surface area (Å²) < 4.78 is 32.4. The summed E-state index contributed by atoms with van der Waals surface area (Å²) in [6, 6.07) is 0. The smallest absolute Gasteiger partial charge is 0.462 e. The number of carbonyl (C=O) groups excluding carboxylic acids is 2. The van der Waals surface area contributed by atoms with Crippen LogP contribution in [0.3, 0.4) is 0 Å². The van der Waals surface area contributed by atoms with E-state index in [4.69, 9.17) is 19.1 Å². The lowest BCUT2D eigenvalue weighted by atomic mass is 10.1. The van der Waals surface area contributed by atoms with Gasteiger partial charge in [0.2, 0.25) is 0 Å². The molecule has 0 bridgehead atoms. The molecule has 0 radical (unpaired) electrons. The topological polar surface area (TPSA) is 149 Å². The van der Waals surface area contributed by atoms with Crippen LogP contribution in [0, 0.1) is 0 Å². The molecular formula is C32H61O10P. The zero-order valence-corrected chi connectivity index (χ0v) is 27.8. The van der Waals surface area contributed by atoms with Gasteiger partial charge in [-0.25, -0.2) is 4.57 Å². The molecule has 0 saturated heterocycles. The van der Waals surface area contributed by atoms with Crippen LogP contribution < -0.4 is 0 Å². The summed E-state index contributed by atoms with van der Waals surface area (Å²) in [4.78, 5) is 34.5. The van der Waals surface area contributed by atoms with Gasteiger partial charge in [0.1, 0.15) is 12.7 Å². The molecule has 0 aliphatic heterocycles. The molecule has 3 atom stereocenters. The quantitative estimate of drug-likeness (QED) is 0.0306. The number of ether oxygens (including phenoxy) is 2. The van der Waals surface area contributed by atoms with Gasteiger partial charge in [0.15, 0.2) is 6.10 Å². The van der Waals surface area contributed by atoms with Gasteiger partial charge in [0.25, 0.3) is 0 Å². The van der Waals surface area contributed by atoms with E-state index in [0.717, 1.165) is 57.8 Å². The second-order valence-electron chi connectivity index (χ2n) is 11.2. The normalized spacial score (nSPS) is 14.4. The summed E-state index contributed by atoms with van der Waals surface area (Å²) in [6.45, 7) is 2.28. The first-order chi connectivity index (χ1) is 20.7. The molecule has 0 aliphatic carbocycles. The minimum absolute atomic E-state index is 0.177. The number of aliphatic hydroxyl groups is 2. The third-order valence-corrected chi connectivity index (χ3v) is 7.87. The predicted molar refractivity (Wildman–Crippen MR) is 168 cm³/mol. The Morgan fingerprint density at radius 2 is 1.14 bits per heavy atom. The molecule has 11 heteroatoms.